The molecule has 0 saturated carbocycles. The van der Waals surface area contributed by atoms with Crippen LogP contribution in [0.1, 0.15) is 34.7 Å². The molecule has 3 rings (SSSR count). The van der Waals surface area contributed by atoms with Gasteiger partial charge in [0.2, 0.25) is 0 Å². The topological polar surface area (TPSA) is 98.0 Å². The van der Waals surface area contributed by atoms with Gasteiger partial charge in [0.1, 0.15) is 17.2 Å². The Hall–Kier alpha value is -3.74. The molecular formula is C25H27NO6. The number of hydrogen-bond acceptors (Lipinski definition) is 6. The maximum Gasteiger partial charge on any atom is 0.306 e. The Kier molecular flexibility index (Phi) is 7.20. The fourth-order valence-corrected chi connectivity index (χ4v) is 3.75. The summed E-state index contributed by atoms with van der Waals surface area (Å²) in [6, 6.07) is 15.4. The maximum atomic E-state index is 13.5. The third-order valence-electron chi connectivity index (χ3n) is 5.55. The Labute approximate surface area is 186 Å². The molecule has 2 N–H and O–H groups in total. The lowest BCUT2D eigenvalue weighted by molar-refractivity contribution is -0.140. The van der Waals surface area contributed by atoms with Gasteiger partial charge in [-0.3, -0.25) is 9.59 Å². The number of aromatic hydroxyl groups is 2. The Morgan fingerprint density at radius 3 is 2.28 bits per heavy atom. The number of nitrogens with zero attached hydrogens (tertiary/aromatic N) is 1. The van der Waals surface area contributed by atoms with Gasteiger partial charge < -0.3 is 24.3 Å². The summed E-state index contributed by atoms with van der Waals surface area (Å²) in [6.45, 7) is 2.14. The lowest BCUT2D eigenvalue weighted by Crippen LogP contribution is -2.29. The first-order valence-electron chi connectivity index (χ1n) is 10.3. The first-order valence-corrected chi connectivity index (χ1v) is 10.3. The van der Waals surface area contributed by atoms with E-state index in [4.69, 9.17) is 9.47 Å². The molecule has 0 fully saturated rings. The summed E-state index contributed by atoms with van der Waals surface area (Å²) >= 11 is 0. The van der Waals surface area contributed by atoms with Crippen LogP contribution >= 0.6 is 0 Å². The molecule has 0 aliphatic carbocycles. The van der Waals surface area contributed by atoms with Gasteiger partial charge in [-0.25, -0.2) is 0 Å². The van der Waals surface area contributed by atoms with E-state index in [2.05, 4.69) is 0 Å². The van der Waals surface area contributed by atoms with Crippen LogP contribution in [0.25, 0.3) is 0 Å². The van der Waals surface area contributed by atoms with Crippen LogP contribution in [0.3, 0.4) is 0 Å². The van der Waals surface area contributed by atoms with Gasteiger partial charge in [-0.1, -0.05) is 24.3 Å². The monoisotopic (exact) mass is 437 g/mol. The predicted molar refractivity (Wildman–Crippen MR) is 120 cm³/mol. The minimum atomic E-state index is -0.679. The fraction of sp³-hybridized carbons (Fsp3) is 0.280. The number of carbonyl (C=O) groups is 1. The van der Waals surface area contributed by atoms with Crippen LogP contribution in [0.2, 0.25) is 0 Å². The number of phenolic OH excluding ortho intramolecular Hbond substituents is 1. The van der Waals surface area contributed by atoms with Gasteiger partial charge in [0.15, 0.2) is 0 Å². The summed E-state index contributed by atoms with van der Waals surface area (Å²) in [5.74, 6) is -0.496. The number of ether oxygens (including phenoxy) is 2. The van der Waals surface area contributed by atoms with Crippen molar-refractivity contribution in [2.45, 2.75) is 32.2 Å². The number of aryl methyl sites for hydroxylation is 2. The van der Waals surface area contributed by atoms with Crippen molar-refractivity contribution in [1.29, 1.82) is 0 Å². The molecule has 3 aromatic rings. The molecule has 0 aliphatic heterocycles. The van der Waals surface area contributed by atoms with Gasteiger partial charge in [-0.15, -0.1) is 0 Å². The zero-order valence-electron chi connectivity index (χ0n) is 18.4. The zero-order chi connectivity index (χ0) is 23.3. The van der Waals surface area contributed by atoms with Crippen molar-refractivity contribution < 1.29 is 24.5 Å². The standard InChI is InChI=1S/C25H27NO6/c1-16-14-22(28)24(25(30)26(16)13-12-17-4-8-19(27)9-5-17)21(15-23(29)32-3)18-6-10-20(31-2)11-7-18/h4-11,14,21,27-28H,12-13,15H2,1-3H3/t21-/m1/s1. The van der Waals surface area contributed by atoms with E-state index in [1.165, 1.54) is 7.11 Å². The number of hydrogen-bond donors (Lipinski definition) is 2. The molecule has 0 bridgehead atoms. The predicted octanol–water partition coefficient (Wildman–Crippen LogP) is 3.51. The molecule has 32 heavy (non-hydrogen) atoms. The van der Waals surface area contributed by atoms with Crippen molar-refractivity contribution in [3.8, 4) is 17.2 Å². The maximum absolute atomic E-state index is 13.5. The zero-order valence-corrected chi connectivity index (χ0v) is 18.4. The minimum absolute atomic E-state index is 0.0906. The van der Waals surface area contributed by atoms with E-state index in [9.17, 15) is 19.8 Å². The van der Waals surface area contributed by atoms with Gasteiger partial charge >= 0.3 is 5.97 Å². The van der Waals surface area contributed by atoms with Gasteiger partial charge in [0.05, 0.1) is 26.2 Å². The lowest BCUT2D eigenvalue weighted by Gasteiger charge is -2.21. The van der Waals surface area contributed by atoms with E-state index >= 15 is 0 Å². The number of rotatable bonds is 8. The van der Waals surface area contributed by atoms with Gasteiger partial charge in [0, 0.05) is 18.2 Å². The van der Waals surface area contributed by atoms with Crippen molar-refractivity contribution in [1.82, 2.24) is 4.57 Å². The first-order chi connectivity index (χ1) is 15.3. The number of esters is 1. The van der Waals surface area contributed by atoms with Crippen LogP contribution in [0.5, 0.6) is 17.2 Å². The van der Waals surface area contributed by atoms with Crippen molar-refractivity contribution in [3.63, 3.8) is 0 Å². The van der Waals surface area contributed by atoms with Crippen LogP contribution in [0.15, 0.2) is 59.4 Å². The molecule has 1 atom stereocenters. The van der Waals surface area contributed by atoms with E-state index < -0.39 is 11.9 Å². The van der Waals surface area contributed by atoms with Crippen LogP contribution in [0.4, 0.5) is 0 Å². The molecule has 0 unspecified atom stereocenters. The fourth-order valence-electron chi connectivity index (χ4n) is 3.75. The van der Waals surface area contributed by atoms with E-state index in [1.807, 2.05) is 0 Å². The van der Waals surface area contributed by atoms with Crippen molar-refractivity contribution in [2.24, 2.45) is 0 Å². The second kappa shape index (κ2) is 10.0. The average Bonchev–Trinajstić information content (AvgIpc) is 2.79. The lowest BCUT2D eigenvalue weighted by atomic mass is 9.88. The highest BCUT2D eigenvalue weighted by Gasteiger charge is 2.26. The van der Waals surface area contributed by atoms with Crippen LogP contribution in [0, 0.1) is 6.92 Å². The number of pyridine rings is 1. The Bertz CT molecular complexity index is 1130. The first kappa shape index (κ1) is 22.9. The van der Waals surface area contributed by atoms with Crippen molar-refractivity contribution in [2.75, 3.05) is 14.2 Å². The normalized spacial score (nSPS) is 11.7. The highest BCUT2D eigenvalue weighted by molar-refractivity contribution is 5.71. The summed E-state index contributed by atoms with van der Waals surface area (Å²) in [4.78, 5) is 25.6. The molecule has 7 nitrogen and oxygen atoms in total. The highest BCUT2D eigenvalue weighted by atomic mass is 16.5. The van der Waals surface area contributed by atoms with E-state index in [0.29, 0.717) is 30.0 Å². The number of methoxy groups -OCH3 is 2. The van der Waals surface area contributed by atoms with Crippen LogP contribution in [-0.2, 0) is 22.5 Å². The summed E-state index contributed by atoms with van der Waals surface area (Å²) in [6.07, 6.45) is 0.474. The molecule has 2 aromatic carbocycles. The Balaban J connectivity index is 2.03. The molecule has 7 heteroatoms. The largest absolute Gasteiger partial charge is 0.508 e. The van der Waals surface area contributed by atoms with Gasteiger partial charge in [-0.2, -0.15) is 0 Å². The molecule has 0 radical (unpaired) electrons. The molecule has 1 heterocycles. The smallest absolute Gasteiger partial charge is 0.306 e. The molecule has 0 amide bonds. The summed E-state index contributed by atoms with van der Waals surface area (Å²) in [5, 5.41) is 20.2. The number of aromatic nitrogens is 1. The quantitative estimate of drug-likeness (QED) is 0.524. The molecule has 0 spiro atoms. The van der Waals surface area contributed by atoms with Crippen LogP contribution < -0.4 is 10.3 Å². The summed E-state index contributed by atoms with van der Waals surface area (Å²) in [7, 11) is 2.85. The molecule has 1 aromatic heterocycles. The second-order valence-corrected chi connectivity index (χ2v) is 7.56. The number of phenols is 1. The number of benzene rings is 2. The molecule has 0 aliphatic rings. The third-order valence-corrected chi connectivity index (χ3v) is 5.55. The molecule has 0 saturated heterocycles. The SMILES string of the molecule is COC(=O)C[C@H](c1ccc(OC)cc1)c1c(O)cc(C)n(CCc2ccc(O)cc2)c1=O. The third kappa shape index (κ3) is 5.11. The van der Waals surface area contributed by atoms with Gasteiger partial charge in [-0.05, 0) is 54.8 Å². The Morgan fingerprint density at radius 1 is 1.03 bits per heavy atom. The Morgan fingerprint density at radius 2 is 1.69 bits per heavy atom. The minimum Gasteiger partial charge on any atom is -0.508 e. The van der Waals surface area contributed by atoms with Crippen molar-refractivity contribution >= 4 is 5.97 Å². The second-order valence-electron chi connectivity index (χ2n) is 7.56. The number of carbonyl (C=O) groups excluding carboxylic acids is 1. The molecule has 168 valence electrons. The van der Waals surface area contributed by atoms with E-state index in [-0.39, 0.29) is 29.0 Å². The van der Waals surface area contributed by atoms with Gasteiger partial charge in [0.25, 0.3) is 5.56 Å². The molecular weight excluding hydrogens is 410 g/mol. The van der Waals surface area contributed by atoms with Crippen molar-refractivity contribution in [3.05, 3.63) is 87.3 Å². The van der Waals surface area contributed by atoms with E-state index in [1.54, 1.807) is 73.2 Å². The summed E-state index contributed by atoms with van der Waals surface area (Å²) < 4.78 is 11.6. The summed E-state index contributed by atoms with van der Waals surface area (Å²) in [5.41, 5.74) is 2.06. The van der Waals surface area contributed by atoms with E-state index in [0.717, 1.165) is 5.56 Å². The van der Waals surface area contributed by atoms with Crippen LogP contribution in [-0.4, -0.2) is 35.0 Å². The average molecular weight is 437 g/mol. The highest BCUT2D eigenvalue weighted by Crippen LogP contribution is 2.33.